The van der Waals surface area contributed by atoms with Gasteiger partial charge in [-0.15, -0.1) is 0 Å². The summed E-state index contributed by atoms with van der Waals surface area (Å²) in [6.45, 7) is 0. The molecule has 94 valence electrons. The molecule has 1 aromatic carbocycles. The molecule has 3 nitrogen and oxygen atoms in total. The molecule has 1 aromatic heterocycles. The van der Waals surface area contributed by atoms with E-state index in [0.717, 1.165) is 12.1 Å². The summed E-state index contributed by atoms with van der Waals surface area (Å²) in [7, 11) is 1.67. The van der Waals surface area contributed by atoms with Crippen molar-refractivity contribution in [2.24, 2.45) is 7.05 Å². The van der Waals surface area contributed by atoms with E-state index in [-0.39, 0.29) is 6.42 Å². The Kier molecular flexibility index (Phi) is 3.18. The van der Waals surface area contributed by atoms with Gasteiger partial charge >= 0.3 is 0 Å². The molecule has 0 amide bonds. The van der Waals surface area contributed by atoms with Gasteiger partial charge in [0.25, 0.3) is 0 Å². The van der Waals surface area contributed by atoms with Crippen molar-refractivity contribution >= 4 is 5.78 Å². The Bertz CT molecular complexity index is 607. The van der Waals surface area contributed by atoms with Crippen molar-refractivity contribution in [2.75, 3.05) is 0 Å². The number of benzene rings is 1. The van der Waals surface area contributed by atoms with Crippen LogP contribution in [0.1, 0.15) is 15.9 Å². The van der Waals surface area contributed by atoms with Gasteiger partial charge in [-0.05, 0) is 17.7 Å². The Hall–Kier alpha value is -2.11. The summed E-state index contributed by atoms with van der Waals surface area (Å²) in [5, 5.41) is 3.85. The topological polar surface area (TPSA) is 34.9 Å². The molecule has 0 fully saturated rings. The van der Waals surface area contributed by atoms with Gasteiger partial charge in [-0.3, -0.25) is 9.48 Å². The third kappa shape index (κ3) is 2.27. The second-order valence-electron chi connectivity index (χ2n) is 3.85. The first-order valence-corrected chi connectivity index (χ1v) is 5.13. The van der Waals surface area contributed by atoms with E-state index in [1.165, 1.54) is 10.9 Å². The van der Waals surface area contributed by atoms with E-state index < -0.39 is 28.8 Å². The summed E-state index contributed by atoms with van der Waals surface area (Å²) in [6.07, 6.45) is 2.93. The summed E-state index contributed by atoms with van der Waals surface area (Å²) in [6, 6.07) is 1.67. The lowest BCUT2D eigenvalue weighted by Gasteiger charge is -2.02. The third-order valence-corrected chi connectivity index (χ3v) is 2.46. The molecule has 2 rings (SSSR count). The molecule has 0 radical (unpaired) electrons. The molecule has 0 saturated carbocycles. The van der Waals surface area contributed by atoms with Crippen molar-refractivity contribution in [3.05, 3.63) is 53.1 Å². The van der Waals surface area contributed by atoms with Gasteiger partial charge in [-0.2, -0.15) is 5.10 Å². The van der Waals surface area contributed by atoms with Crippen LogP contribution < -0.4 is 0 Å². The van der Waals surface area contributed by atoms with Gasteiger partial charge in [-0.25, -0.2) is 13.2 Å². The van der Waals surface area contributed by atoms with Gasteiger partial charge in [0, 0.05) is 19.7 Å². The Morgan fingerprint density at radius 1 is 1.28 bits per heavy atom. The van der Waals surface area contributed by atoms with Crippen LogP contribution in [-0.2, 0) is 13.5 Å². The molecule has 1 heterocycles. The average Bonchev–Trinajstić information content (AvgIpc) is 2.71. The zero-order valence-electron chi connectivity index (χ0n) is 9.45. The minimum absolute atomic E-state index is 0.115. The number of nitrogens with zero attached hydrogens (tertiary/aromatic N) is 2. The molecule has 0 aliphatic carbocycles. The summed E-state index contributed by atoms with van der Waals surface area (Å²) >= 11 is 0. The van der Waals surface area contributed by atoms with E-state index in [2.05, 4.69) is 5.10 Å². The van der Waals surface area contributed by atoms with Crippen LogP contribution in [-0.4, -0.2) is 15.6 Å². The average molecular weight is 254 g/mol. The predicted octanol–water partition coefficient (Wildman–Crippen LogP) is 2.26. The molecule has 18 heavy (non-hydrogen) atoms. The van der Waals surface area contributed by atoms with Crippen molar-refractivity contribution in [2.45, 2.75) is 6.42 Å². The molecule has 2 aromatic rings. The van der Waals surface area contributed by atoms with Gasteiger partial charge in [0.1, 0.15) is 0 Å². The number of ketones is 1. The lowest BCUT2D eigenvalue weighted by molar-refractivity contribution is 0.0988. The van der Waals surface area contributed by atoms with Crippen molar-refractivity contribution < 1.29 is 18.0 Å². The number of aryl methyl sites for hydroxylation is 1. The number of carbonyl (C=O) groups is 1. The number of carbonyl (C=O) groups excluding carboxylic acids is 1. The van der Waals surface area contributed by atoms with E-state index in [1.54, 1.807) is 13.2 Å². The molecule has 0 spiro atoms. The molecular formula is C12H9F3N2O. The van der Waals surface area contributed by atoms with Gasteiger partial charge < -0.3 is 0 Å². The second kappa shape index (κ2) is 4.64. The highest BCUT2D eigenvalue weighted by atomic mass is 19.2. The molecule has 0 saturated heterocycles. The number of hydrogen-bond acceptors (Lipinski definition) is 2. The van der Waals surface area contributed by atoms with Crippen molar-refractivity contribution in [3.63, 3.8) is 0 Å². The highest BCUT2D eigenvalue weighted by molar-refractivity contribution is 5.97. The van der Waals surface area contributed by atoms with E-state index in [4.69, 9.17) is 0 Å². The standard InChI is InChI=1S/C12H9F3N2O/c1-17-6-7(5-16-17)4-10(18)8-2-3-9(13)12(15)11(8)14/h2-3,5-6H,4H2,1H3. The molecule has 0 bridgehead atoms. The highest BCUT2D eigenvalue weighted by Gasteiger charge is 2.19. The Morgan fingerprint density at radius 3 is 2.61 bits per heavy atom. The maximum Gasteiger partial charge on any atom is 0.195 e. The van der Waals surface area contributed by atoms with Crippen LogP contribution in [0, 0.1) is 17.5 Å². The number of halogens is 3. The van der Waals surface area contributed by atoms with Crippen molar-refractivity contribution in [1.82, 2.24) is 9.78 Å². The Labute approximate surface area is 101 Å². The number of Topliss-reactive ketones (excluding diaryl/α,β-unsaturated/α-hetero) is 1. The zero-order valence-corrected chi connectivity index (χ0v) is 9.45. The van der Waals surface area contributed by atoms with Crippen LogP contribution in [0.25, 0.3) is 0 Å². The van der Waals surface area contributed by atoms with Crippen LogP contribution in [0.3, 0.4) is 0 Å². The predicted molar refractivity (Wildman–Crippen MR) is 57.6 cm³/mol. The maximum absolute atomic E-state index is 13.4. The first-order valence-electron chi connectivity index (χ1n) is 5.13. The fraction of sp³-hybridized carbons (Fsp3) is 0.167. The van der Waals surface area contributed by atoms with E-state index in [1.807, 2.05) is 0 Å². The lowest BCUT2D eigenvalue weighted by Crippen LogP contribution is -2.08. The van der Waals surface area contributed by atoms with Crippen LogP contribution in [0.4, 0.5) is 13.2 Å². The Balaban J connectivity index is 2.27. The first-order chi connectivity index (χ1) is 8.49. The number of aromatic nitrogens is 2. The lowest BCUT2D eigenvalue weighted by atomic mass is 10.0. The van der Waals surface area contributed by atoms with E-state index >= 15 is 0 Å². The second-order valence-corrected chi connectivity index (χ2v) is 3.85. The van der Waals surface area contributed by atoms with Crippen LogP contribution >= 0.6 is 0 Å². The molecular weight excluding hydrogens is 245 g/mol. The molecule has 0 unspecified atom stereocenters. The largest absolute Gasteiger partial charge is 0.294 e. The van der Waals surface area contributed by atoms with Gasteiger partial charge in [0.05, 0.1) is 11.8 Å². The SMILES string of the molecule is Cn1cc(CC(=O)c2ccc(F)c(F)c2F)cn1. The Morgan fingerprint density at radius 2 is 2.00 bits per heavy atom. The normalized spacial score (nSPS) is 10.7. The molecule has 0 atom stereocenters. The third-order valence-electron chi connectivity index (χ3n) is 2.46. The first kappa shape index (κ1) is 12.3. The quantitative estimate of drug-likeness (QED) is 0.622. The van der Waals surface area contributed by atoms with Gasteiger partial charge in [0.2, 0.25) is 0 Å². The van der Waals surface area contributed by atoms with Gasteiger partial charge in [0.15, 0.2) is 23.2 Å². The fourth-order valence-corrected chi connectivity index (χ4v) is 1.59. The molecule has 0 aliphatic heterocycles. The van der Waals surface area contributed by atoms with Crippen LogP contribution in [0.15, 0.2) is 24.5 Å². The van der Waals surface area contributed by atoms with Crippen molar-refractivity contribution in [1.29, 1.82) is 0 Å². The molecule has 0 aliphatic rings. The van der Waals surface area contributed by atoms with Crippen LogP contribution in [0.2, 0.25) is 0 Å². The smallest absolute Gasteiger partial charge is 0.195 e. The van der Waals surface area contributed by atoms with Crippen LogP contribution in [0.5, 0.6) is 0 Å². The summed E-state index contributed by atoms with van der Waals surface area (Å²) < 4.78 is 40.5. The number of rotatable bonds is 3. The molecule has 6 heteroatoms. The van der Waals surface area contributed by atoms with E-state index in [9.17, 15) is 18.0 Å². The summed E-state index contributed by atoms with van der Waals surface area (Å²) in [4.78, 5) is 11.7. The molecule has 0 N–H and O–H groups in total. The minimum atomic E-state index is -1.63. The number of hydrogen-bond donors (Lipinski definition) is 0. The van der Waals surface area contributed by atoms with Crippen molar-refractivity contribution in [3.8, 4) is 0 Å². The van der Waals surface area contributed by atoms with Gasteiger partial charge in [-0.1, -0.05) is 0 Å². The summed E-state index contributed by atoms with van der Waals surface area (Å²) in [5.74, 6) is -5.03. The van der Waals surface area contributed by atoms with E-state index in [0.29, 0.717) is 5.56 Å². The zero-order chi connectivity index (χ0) is 13.3. The monoisotopic (exact) mass is 254 g/mol. The summed E-state index contributed by atoms with van der Waals surface area (Å²) in [5.41, 5.74) is 0.115. The maximum atomic E-state index is 13.4. The minimum Gasteiger partial charge on any atom is -0.294 e. The fourth-order valence-electron chi connectivity index (χ4n) is 1.59. The highest BCUT2D eigenvalue weighted by Crippen LogP contribution is 2.17.